The minimum absolute atomic E-state index is 0.0441. The second-order valence-electron chi connectivity index (χ2n) is 13.0. The van der Waals surface area contributed by atoms with Gasteiger partial charge in [0.2, 0.25) is 0 Å². The smallest absolute Gasteiger partial charge is 0.136 e. The van der Waals surface area contributed by atoms with Gasteiger partial charge < -0.3 is 8.98 Å². The van der Waals surface area contributed by atoms with Crippen LogP contribution in [0.4, 0.5) is 0 Å². The van der Waals surface area contributed by atoms with Crippen LogP contribution < -0.4 is 0 Å². The quantitative estimate of drug-likeness (QED) is 0.208. The summed E-state index contributed by atoms with van der Waals surface area (Å²) in [4.78, 5) is 0. The van der Waals surface area contributed by atoms with Gasteiger partial charge in [-0.2, -0.15) is 5.26 Å². The molecule has 0 amide bonds. The lowest BCUT2D eigenvalue weighted by atomic mass is 9.80. The van der Waals surface area contributed by atoms with Crippen LogP contribution in [-0.4, -0.2) is 4.57 Å². The molecule has 2 heterocycles. The molecule has 0 saturated carbocycles. The zero-order chi connectivity index (χ0) is 29.6. The molecule has 0 atom stereocenters. The number of allylic oxidation sites excluding steroid dienone is 8. The molecule has 3 heteroatoms. The predicted octanol–water partition coefficient (Wildman–Crippen LogP) is 11.1. The summed E-state index contributed by atoms with van der Waals surface area (Å²) in [5, 5.41) is 15.0. The maximum absolute atomic E-state index is 10.2. The standard InChI is InChI=1S/C41H32N2O/c1-41(2)33-16-6-3-12-26(33)30-22-32-39(23-34(30)41)44-38-20-10-15-29(40(32)38)31-21-25(24-42)11-9-19-37(31)43-35-17-7-4-13-27(35)28-14-5-8-18-36(28)43/h4-8,10-11,13-18,20,22-23H,3,9,12,19,21H2,1-2H3. The Morgan fingerprint density at radius 1 is 0.773 bits per heavy atom. The van der Waals surface area contributed by atoms with E-state index in [0.717, 1.165) is 58.8 Å². The lowest BCUT2D eigenvalue weighted by Gasteiger charge is -2.23. The predicted molar refractivity (Wildman–Crippen MR) is 182 cm³/mol. The van der Waals surface area contributed by atoms with Gasteiger partial charge in [-0.25, -0.2) is 0 Å². The molecule has 0 bridgehead atoms. The van der Waals surface area contributed by atoms with Gasteiger partial charge in [-0.1, -0.05) is 80.6 Å². The molecule has 0 unspecified atom stereocenters. The van der Waals surface area contributed by atoms with Crippen LogP contribution >= 0.6 is 0 Å². The van der Waals surface area contributed by atoms with Crippen molar-refractivity contribution in [2.45, 2.75) is 51.4 Å². The maximum atomic E-state index is 10.2. The molecule has 3 nitrogen and oxygen atoms in total. The summed E-state index contributed by atoms with van der Waals surface area (Å²) in [5.41, 5.74) is 14.3. The van der Waals surface area contributed by atoms with Crippen molar-refractivity contribution >= 4 is 60.6 Å². The highest BCUT2D eigenvalue weighted by molar-refractivity contribution is 6.15. The molecule has 0 aliphatic heterocycles. The van der Waals surface area contributed by atoms with Crippen LogP contribution in [0.3, 0.4) is 0 Å². The van der Waals surface area contributed by atoms with Crippen molar-refractivity contribution in [3.63, 3.8) is 0 Å². The van der Waals surface area contributed by atoms with Gasteiger partial charge in [0, 0.05) is 44.7 Å². The van der Waals surface area contributed by atoms with Gasteiger partial charge in [-0.3, -0.25) is 0 Å². The molecule has 3 aliphatic rings. The van der Waals surface area contributed by atoms with Crippen LogP contribution in [0, 0.1) is 11.3 Å². The number of rotatable bonds is 2. The van der Waals surface area contributed by atoms with Crippen molar-refractivity contribution in [2.75, 3.05) is 0 Å². The van der Waals surface area contributed by atoms with E-state index in [1.165, 1.54) is 55.3 Å². The van der Waals surface area contributed by atoms with E-state index in [9.17, 15) is 5.26 Å². The van der Waals surface area contributed by atoms with Crippen molar-refractivity contribution in [1.82, 2.24) is 4.57 Å². The van der Waals surface area contributed by atoms with Gasteiger partial charge in [-0.05, 0) is 89.4 Å². The molecular weight excluding hydrogens is 536 g/mol. The van der Waals surface area contributed by atoms with Gasteiger partial charge in [0.25, 0.3) is 0 Å². The summed E-state index contributed by atoms with van der Waals surface area (Å²) in [7, 11) is 0. The Morgan fingerprint density at radius 3 is 2.32 bits per heavy atom. The summed E-state index contributed by atoms with van der Waals surface area (Å²) in [6, 6.07) is 31.1. The average molecular weight is 569 g/mol. The Labute approximate surface area is 256 Å². The first-order valence-electron chi connectivity index (χ1n) is 15.7. The van der Waals surface area contributed by atoms with Crippen molar-refractivity contribution < 1.29 is 4.42 Å². The van der Waals surface area contributed by atoms with Gasteiger partial charge in [-0.15, -0.1) is 0 Å². The molecule has 6 aromatic rings. The number of nitrogens with zero attached hydrogens (tertiary/aromatic N) is 2. The van der Waals surface area contributed by atoms with Gasteiger partial charge >= 0.3 is 0 Å². The highest BCUT2D eigenvalue weighted by Crippen LogP contribution is 2.52. The minimum atomic E-state index is -0.0441. The van der Waals surface area contributed by atoms with Crippen LogP contribution in [0.1, 0.15) is 62.6 Å². The maximum Gasteiger partial charge on any atom is 0.136 e. The van der Waals surface area contributed by atoms with Crippen molar-refractivity contribution in [3.8, 4) is 6.07 Å². The number of benzene rings is 4. The third kappa shape index (κ3) is 3.43. The molecule has 44 heavy (non-hydrogen) atoms. The number of para-hydroxylation sites is 2. The number of fused-ring (bicyclic) bond motifs is 8. The fourth-order valence-corrected chi connectivity index (χ4v) is 8.26. The Hall–Kier alpha value is -5.07. The number of hydrogen-bond donors (Lipinski definition) is 0. The summed E-state index contributed by atoms with van der Waals surface area (Å²) < 4.78 is 9.12. The second-order valence-corrected chi connectivity index (χ2v) is 13.0. The number of nitriles is 1. The van der Waals surface area contributed by atoms with Crippen molar-refractivity contribution in [3.05, 3.63) is 125 Å². The van der Waals surface area contributed by atoms with Crippen LogP contribution in [0.15, 0.2) is 113 Å². The van der Waals surface area contributed by atoms with Crippen molar-refractivity contribution in [2.24, 2.45) is 0 Å². The first kappa shape index (κ1) is 25.4. The second kappa shape index (κ2) is 9.21. The molecule has 0 saturated heterocycles. The molecule has 2 aromatic heterocycles. The van der Waals surface area contributed by atoms with Crippen LogP contribution in [-0.2, 0) is 5.41 Å². The fraction of sp³-hybridized carbons (Fsp3) is 0.195. The SMILES string of the molecule is CC1(C)C2=C(CCC=C2)c2cc3c(cc21)oc1cccc(C2=C(n4c5ccccc5c5ccccc54)CCC=C(C#N)C2)c13. The Bertz CT molecular complexity index is 2340. The summed E-state index contributed by atoms with van der Waals surface area (Å²) >= 11 is 0. The van der Waals surface area contributed by atoms with Crippen LogP contribution in [0.5, 0.6) is 0 Å². The average Bonchev–Trinajstić information content (AvgIpc) is 3.59. The first-order chi connectivity index (χ1) is 21.5. The van der Waals surface area contributed by atoms with Gasteiger partial charge in [0.15, 0.2) is 0 Å². The number of aromatic nitrogens is 1. The fourth-order valence-electron chi connectivity index (χ4n) is 8.26. The summed E-state index contributed by atoms with van der Waals surface area (Å²) in [6.45, 7) is 4.68. The topological polar surface area (TPSA) is 41.9 Å². The number of furan rings is 1. The summed E-state index contributed by atoms with van der Waals surface area (Å²) in [6.07, 6.45) is 11.2. The molecular formula is C41H32N2O. The third-order valence-corrected chi connectivity index (χ3v) is 10.3. The number of hydrogen-bond acceptors (Lipinski definition) is 2. The van der Waals surface area contributed by atoms with Crippen LogP contribution in [0.2, 0.25) is 0 Å². The van der Waals surface area contributed by atoms with E-state index < -0.39 is 0 Å². The molecule has 0 radical (unpaired) electrons. The molecule has 0 fully saturated rings. The third-order valence-electron chi connectivity index (χ3n) is 10.3. The lowest BCUT2D eigenvalue weighted by molar-refractivity contribution is 0.641. The minimum Gasteiger partial charge on any atom is -0.456 e. The molecule has 0 spiro atoms. The van der Waals surface area contributed by atoms with Gasteiger partial charge in [0.1, 0.15) is 11.2 Å². The Balaban J connectivity index is 1.37. The van der Waals surface area contributed by atoms with E-state index in [1.807, 2.05) is 0 Å². The lowest BCUT2D eigenvalue weighted by Crippen LogP contribution is -2.16. The first-order valence-corrected chi connectivity index (χ1v) is 15.7. The zero-order valence-electron chi connectivity index (χ0n) is 25.1. The van der Waals surface area contributed by atoms with E-state index in [4.69, 9.17) is 4.42 Å². The Morgan fingerprint density at radius 2 is 1.55 bits per heavy atom. The monoisotopic (exact) mass is 568 g/mol. The van der Waals surface area contributed by atoms with E-state index in [0.29, 0.717) is 6.42 Å². The highest BCUT2D eigenvalue weighted by Gasteiger charge is 2.38. The zero-order valence-corrected chi connectivity index (χ0v) is 25.1. The van der Waals surface area contributed by atoms with Crippen LogP contribution in [0.25, 0.3) is 60.6 Å². The van der Waals surface area contributed by atoms with Crippen molar-refractivity contribution in [1.29, 1.82) is 5.26 Å². The molecule has 212 valence electrons. The van der Waals surface area contributed by atoms with E-state index in [2.05, 4.69) is 122 Å². The largest absolute Gasteiger partial charge is 0.456 e. The van der Waals surface area contributed by atoms with Gasteiger partial charge in [0.05, 0.1) is 17.1 Å². The Kier molecular flexibility index (Phi) is 5.33. The summed E-state index contributed by atoms with van der Waals surface area (Å²) in [5.74, 6) is 0. The highest BCUT2D eigenvalue weighted by atomic mass is 16.3. The molecule has 3 aliphatic carbocycles. The van der Waals surface area contributed by atoms with E-state index in [-0.39, 0.29) is 5.41 Å². The molecule has 9 rings (SSSR count). The molecule has 4 aromatic carbocycles. The normalized spacial score (nSPS) is 17.8. The van der Waals surface area contributed by atoms with E-state index in [1.54, 1.807) is 0 Å². The molecule has 0 N–H and O–H groups in total. The van der Waals surface area contributed by atoms with E-state index >= 15 is 0 Å².